The number of aliphatic carboxylic acids is 1. The molecular formula is C15H22O3. The number of hydrogen-bond acceptors (Lipinski definition) is 2. The number of carboxylic acid groups (broad SMARTS) is 1. The van der Waals surface area contributed by atoms with Gasteiger partial charge in [0.2, 0.25) is 0 Å². The number of benzene rings is 1. The van der Waals surface area contributed by atoms with Crippen LogP contribution in [-0.4, -0.2) is 18.2 Å². The van der Waals surface area contributed by atoms with Crippen LogP contribution in [0.15, 0.2) is 24.3 Å². The second-order valence-electron chi connectivity index (χ2n) is 5.71. The summed E-state index contributed by atoms with van der Waals surface area (Å²) in [6.45, 7) is 7.88. The van der Waals surface area contributed by atoms with E-state index in [1.54, 1.807) is 7.11 Å². The van der Waals surface area contributed by atoms with Gasteiger partial charge in [-0.3, -0.25) is 4.79 Å². The van der Waals surface area contributed by atoms with E-state index >= 15 is 0 Å². The molecule has 1 N–H and O–H groups in total. The Morgan fingerprint density at radius 2 is 1.67 bits per heavy atom. The van der Waals surface area contributed by atoms with Crippen molar-refractivity contribution in [1.82, 2.24) is 0 Å². The summed E-state index contributed by atoms with van der Waals surface area (Å²) in [5.74, 6) is -0.787. The van der Waals surface area contributed by atoms with E-state index in [0.29, 0.717) is 0 Å². The molecule has 18 heavy (non-hydrogen) atoms. The summed E-state index contributed by atoms with van der Waals surface area (Å²) < 4.78 is 5.52. The Morgan fingerprint density at radius 1 is 1.17 bits per heavy atom. The SMILES string of the molecule is COC(C)(C)c1ccccc1C(C)(C)CC(=O)O. The van der Waals surface area contributed by atoms with Gasteiger partial charge in [-0.15, -0.1) is 0 Å². The van der Waals surface area contributed by atoms with Crippen molar-refractivity contribution in [2.24, 2.45) is 0 Å². The molecule has 0 saturated carbocycles. The lowest BCUT2D eigenvalue weighted by molar-refractivity contribution is -0.138. The number of carboxylic acids is 1. The van der Waals surface area contributed by atoms with Crippen molar-refractivity contribution in [3.05, 3.63) is 35.4 Å². The summed E-state index contributed by atoms with van der Waals surface area (Å²) in [4.78, 5) is 11.0. The number of carbonyl (C=O) groups is 1. The van der Waals surface area contributed by atoms with Gasteiger partial charge in [0.1, 0.15) is 0 Å². The lowest BCUT2D eigenvalue weighted by Crippen LogP contribution is -2.29. The minimum absolute atomic E-state index is 0.101. The van der Waals surface area contributed by atoms with Gasteiger partial charge in [0.15, 0.2) is 0 Å². The maximum atomic E-state index is 11.0. The van der Waals surface area contributed by atoms with E-state index in [-0.39, 0.29) is 6.42 Å². The predicted octanol–water partition coefficient (Wildman–Crippen LogP) is 3.32. The van der Waals surface area contributed by atoms with Crippen molar-refractivity contribution in [3.8, 4) is 0 Å². The molecule has 0 fully saturated rings. The fourth-order valence-corrected chi connectivity index (χ4v) is 2.18. The van der Waals surface area contributed by atoms with E-state index in [1.165, 1.54) is 0 Å². The Hall–Kier alpha value is -1.35. The summed E-state index contributed by atoms with van der Waals surface area (Å²) in [6, 6.07) is 7.88. The highest BCUT2D eigenvalue weighted by molar-refractivity contribution is 5.69. The number of rotatable bonds is 5. The van der Waals surface area contributed by atoms with Gasteiger partial charge in [-0.05, 0) is 25.0 Å². The van der Waals surface area contributed by atoms with E-state index in [2.05, 4.69) is 0 Å². The zero-order valence-electron chi connectivity index (χ0n) is 11.8. The van der Waals surface area contributed by atoms with Gasteiger partial charge >= 0.3 is 5.97 Å². The summed E-state index contributed by atoms with van der Waals surface area (Å²) >= 11 is 0. The highest BCUT2D eigenvalue weighted by Gasteiger charge is 2.31. The Kier molecular flexibility index (Phi) is 4.17. The number of methoxy groups -OCH3 is 1. The van der Waals surface area contributed by atoms with E-state index < -0.39 is 17.0 Å². The lowest BCUT2D eigenvalue weighted by atomic mass is 9.76. The lowest BCUT2D eigenvalue weighted by Gasteiger charge is -2.32. The zero-order valence-corrected chi connectivity index (χ0v) is 11.8. The third-order valence-electron chi connectivity index (χ3n) is 3.41. The molecule has 0 amide bonds. The molecule has 3 nitrogen and oxygen atoms in total. The smallest absolute Gasteiger partial charge is 0.304 e. The molecule has 0 spiro atoms. The maximum Gasteiger partial charge on any atom is 0.304 e. The van der Waals surface area contributed by atoms with Crippen LogP contribution in [0.5, 0.6) is 0 Å². The molecule has 0 unspecified atom stereocenters. The van der Waals surface area contributed by atoms with Crippen molar-refractivity contribution in [3.63, 3.8) is 0 Å². The molecule has 0 bridgehead atoms. The monoisotopic (exact) mass is 250 g/mol. The summed E-state index contributed by atoms with van der Waals surface area (Å²) in [5.41, 5.74) is 1.22. The predicted molar refractivity (Wildman–Crippen MR) is 71.8 cm³/mol. The Morgan fingerprint density at radius 3 is 2.11 bits per heavy atom. The van der Waals surface area contributed by atoms with Gasteiger partial charge in [-0.25, -0.2) is 0 Å². The minimum atomic E-state index is -0.787. The topological polar surface area (TPSA) is 46.5 Å². The molecule has 0 heterocycles. The van der Waals surface area contributed by atoms with Crippen LogP contribution in [0.1, 0.15) is 45.2 Å². The van der Waals surface area contributed by atoms with E-state index in [4.69, 9.17) is 9.84 Å². The number of hydrogen-bond donors (Lipinski definition) is 1. The average Bonchev–Trinajstić information content (AvgIpc) is 2.27. The molecule has 0 atom stereocenters. The molecule has 0 saturated heterocycles. The molecular weight excluding hydrogens is 228 g/mol. The van der Waals surface area contributed by atoms with Crippen LogP contribution in [0.4, 0.5) is 0 Å². The van der Waals surface area contributed by atoms with Crippen LogP contribution in [0.2, 0.25) is 0 Å². The highest BCUT2D eigenvalue weighted by atomic mass is 16.5. The van der Waals surface area contributed by atoms with Gasteiger partial charge < -0.3 is 9.84 Å². The third kappa shape index (κ3) is 3.10. The summed E-state index contributed by atoms with van der Waals surface area (Å²) in [6.07, 6.45) is 0.101. The van der Waals surface area contributed by atoms with Gasteiger partial charge in [-0.2, -0.15) is 0 Å². The maximum absolute atomic E-state index is 11.0. The molecule has 0 aromatic heterocycles. The van der Waals surface area contributed by atoms with Crippen molar-refractivity contribution in [1.29, 1.82) is 0 Å². The quantitative estimate of drug-likeness (QED) is 0.872. The highest BCUT2D eigenvalue weighted by Crippen LogP contribution is 2.36. The van der Waals surface area contributed by atoms with Crippen molar-refractivity contribution >= 4 is 5.97 Å². The fraction of sp³-hybridized carbons (Fsp3) is 0.533. The third-order valence-corrected chi connectivity index (χ3v) is 3.41. The molecule has 3 heteroatoms. The van der Waals surface area contributed by atoms with E-state index in [9.17, 15) is 4.79 Å². The average molecular weight is 250 g/mol. The molecule has 1 aromatic carbocycles. The van der Waals surface area contributed by atoms with E-state index in [0.717, 1.165) is 11.1 Å². The normalized spacial score (nSPS) is 12.5. The van der Waals surface area contributed by atoms with Crippen molar-refractivity contribution in [2.45, 2.75) is 45.1 Å². The fourth-order valence-electron chi connectivity index (χ4n) is 2.18. The van der Waals surface area contributed by atoms with Crippen LogP contribution < -0.4 is 0 Å². The first kappa shape index (κ1) is 14.7. The first-order valence-electron chi connectivity index (χ1n) is 6.07. The van der Waals surface area contributed by atoms with Crippen LogP contribution >= 0.6 is 0 Å². The van der Waals surface area contributed by atoms with Gasteiger partial charge in [0, 0.05) is 12.5 Å². The van der Waals surface area contributed by atoms with Crippen molar-refractivity contribution < 1.29 is 14.6 Å². The van der Waals surface area contributed by atoms with Crippen molar-refractivity contribution in [2.75, 3.05) is 7.11 Å². The van der Waals surface area contributed by atoms with E-state index in [1.807, 2.05) is 52.0 Å². The minimum Gasteiger partial charge on any atom is -0.481 e. The summed E-state index contributed by atoms with van der Waals surface area (Å²) in [5, 5.41) is 9.03. The molecule has 0 aliphatic rings. The standard InChI is InChI=1S/C15H22O3/c1-14(2,10-13(16)17)11-8-6-7-9-12(11)15(3,4)18-5/h6-9H,10H2,1-5H3,(H,16,17). The van der Waals surface area contributed by atoms with Crippen LogP contribution in [-0.2, 0) is 20.5 Å². The largest absolute Gasteiger partial charge is 0.481 e. The molecule has 0 aliphatic heterocycles. The molecule has 100 valence electrons. The second-order valence-corrected chi connectivity index (χ2v) is 5.71. The Labute approximate surface area is 109 Å². The van der Waals surface area contributed by atoms with Gasteiger partial charge in [0.05, 0.1) is 12.0 Å². The first-order valence-corrected chi connectivity index (χ1v) is 6.07. The Bertz CT molecular complexity index is 433. The van der Waals surface area contributed by atoms with Gasteiger partial charge in [-0.1, -0.05) is 38.1 Å². The molecule has 1 aromatic rings. The Balaban J connectivity index is 3.29. The molecule has 0 aliphatic carbocycles. The number of ether oxygens (including phenoxy) is 1. The zero-order chi connectivity index (χ0) is 14.0. The first-order chi connectivity index (χ1) is 8.20. The van der Waals surface area contributed by atoms with Gasteiger partial charge in [0.25, 0.3) is 0 Å². The van der Waals surface area contributed by atoms with Crippen LogP contribution in [0.3, 0.4) is 0 Å². The second kappa shape index (κ2) is 5.11. The molecule has 1 rings (SSSR count). The van der Waals surface area contributed by atoms with Crippen LogP contribution in [0, 0.1) is 0 Å². The molecule has 0 radical (unpaired) electrons. The van der Waals surface area contributed by atoms with Crippen LogP contribution in [0.25, 0.3) is 0 Å². The summed E-state index contributed by atoms with van der Waals surface area (Å²) in [7, 11) is 1.67.